The van der Waals surface area contributed by atoms with Crippen LogP contribution in [0.25, 0.3) is 0 Å². The molecule has 1 N–H and O–H groups in total. The van der Waals surface area contributed by atoms with Crippen molar-refractivity contribution in [3.8, 4) is 0 Å². The lowest BCUT2D eigenvalue weighted by Crippen LogP contribution is -2.30. The van der Waals surface area contributed by atoms with Gasteiger partial charge >= 0.3 is 0 Å². The lowest BCUT2D eigenvalue weighted by molar-refractivity contribution is 0.316. The van der Waals surface area contributed by atoms with Gasteiger partial charge < -0.3 is 5.32 Å². The van der Waals surface area contributed by atoms with Gasteiger partial charge in [-0.15, -0.1) is 0 Å². The number of rotatable bonds is 1. The lowest BCUT2D eigenvalue weighted by Gasteiger charge is -2.31. The summed E-state index contributed by atoms with van der Waals surface area (Å²) in [5.41, 5.74) is 1.30. The van der Waals surface area contributed by atoms with Gasteiger partial charge in [0.15, 0.2) is 5.17 Å². The Morgan fingerprint density at radius 3 is 2.79 bits per heavy atom. The molecule has 0 fully saturated rings. The maximum atomic E-state index is 5.97. The lowest BCUT2D eigenvalue weighted by atomic mass is 9.85. The molecule has 1 aromatic carbocycles. The summed E-state index contributed by atoms with van der Waals surface area (Å²) >= 11 is 10.1. The third kappa shape index (κ3) is 4.26. The molecule has 0 saturated heterocycles. The van der Waals surface area contributed by atoms with Crippen LogP contribution in [0.4, 0.5) is 5.69 Å². The molecular weight excluding hydrogens is 391 g/mol. The van der Waals surface area contributed by atoms with Crippen LogP contribution >= 0.6 is 46.0 Å². The van der Waals surface area contributed by atoms with Gasteiger partial charge in [-0.2, -0.15) is 0 Å². The van der Waals surface area contributed by atoms with Crippen LogP contribution in [0.5, 0.6) is 0 Å². The molecule has 0 spiro atoms. The third-order valence-electron chi connectivity index (χ3n) is 3.08. The maximum absolute atomic E-state index is 5.97. The number of amidine groups is 1. The smallest absolute Gasteiger partial charge is 0.161 e. The number of benzene rings is 1. The van der Waals surface area contributed by atoms with Crippen molar-refractivity contribution in [3.63, 3.8) is 0 Å². The molecule has 1 unspecified atom stereocenters. The summed E-state index contributed by atoms with van der Waals surface area (Å²) < 4.78 is 1.12. The van der Waals surface area contributed by atoms with Gasteiger partial charge in [0, 0.05) is 14.3 Å². The summed E-state index contributed by atoms with van der Waals surface area (Å²) in [5.74, 6) is 1.12. The summed E-state index contributed by atoms with van der Waals surface area (Å²) in [6.45, 7) is 6.75. The van der Waals surface area contributed by atoms with Gasteiger partial charge in [-0.3, -0.25) is 4.99 Å². The molecule has 0 amide bonds. The summed E-state index contributed by atoms with van der Waals surface area (Å²) in [5, 5.41) is 5.21. The monoisotopic (exact) mass is 408 g/mol. The Morgan fingerprint density at radius 1 is 1.42 bits per heavy atom. The van der Waals surface area contributed by atoms with Crippen LogP contribution in [0.1, 0.15) is 27.2 Å². The van der Waals surface area contributed by atoms with E-state index in [0.717, 1.165) is 31.6 Å². The molecule has 1 atom stereocenters. The molecule has 1 aromatic rings. The van der Waals surface area contributed by atoms with Crippen LogP contribution in [0, 0.1) is 8.99 Å². The SMILES string of the molecule is CC(C)(C)C1CCSC(Nc2ccc(Cl)cc2I)=N1. The highest BCUT2D eigenvalue weighted by Gasteiger charge is 2.27. The number of anilines is 1. The normalized spacial score (nSPS) is 20.1. The van der Waals surface area contributed by atoms with Gasteiger partial charge in [-0.25, -0.2) is 0 Å². The number of thioether (sulfide) groups is 1. The maximum Gasteiger partial charge on any atom is 0.161 e. The highest BCUT2D eigenvalue weighted by molar-refractivity contribution is 14.1. The largest absolute Gasteiger partial charge is 0.334 e. The molecule has 2 rings (SSSR count). The third-order valence-corrected chi connectivity index (χ3v) is 5.12. The van der Waals surface area contributed by atoms with E-state index in [1.165, 1.54) is 0 Å². The molecule has 0 aromatic heterocycles. The zero-order valence-electron chi connectivity index (χ0n) is 11.3. The van der Waals surface area contributed by atoms with Crippen molar-refractivity contribution in [3.05, 3.63) is 26.8 Å². The summed E-state index contributed by atoms with van der Waals surface area (Å²) in [7, 11) is 0. The minimum absolute atomic E-state index is 0.223. The highest BCUT2D eigenvalue weighted by Crippen LogP contribution is 2.32. The first-order valence-corrected chi connectivity index (χ1v) is 8.73. The molecule has 1 heterocycles. The molecule has 1 aliphatic heterocycles. The predicted molar refractivity (Wildman–Crippen MR) is 95.5 cm³/mol. The van der Waals surface area contributed by atoms with E-state index in [9.17, 15) is 0 Å². The molecule has 0 radical (unpaired) electrons. The fourth-order valence-corrected chi connectivity index (χ4v) is 3.84. The van der Waals surface area contributed by atoms with Gasteiger partial charge in [-0.1, -0.05) is 44.1 Å². The molecular formula is C14H18ClIN2S. The molecule has 0 bridgehead atoms. The minimum Gasteiger partial charge on any atom is -0.334 e. The predicted octanol–water partition coefficient (Wildman–Crippen LogP) is 5.26. The van der Waals surface area contributed by atoms with E-state index in [0.29, 0.717) is 6.04 Å². The van der Waals surface area contributed by atoms with E-state index in [2.05, 4.69) is 48.7 Å². The fraction of sp³-hybridized carbons (Fsp3) is 0.500. The minimum atomic E-state index is 0.223. The van der Waals surface area contributed by atoms with Gasteiger partial charge in [-0.05, 0) is 52.6 Å². The van der Waals surface area contributed by atoms with Crippen molar-refractivity contribution >= 4 is 56.8 Å². The molecule has 2 nitrogen and oxygen atoms in total. The second-order valence-electron chi connectivity index (χ2n) is 5.70. The summed E-state index contributed by atoms with van der Waals surface area (Å²) in [6, 6.07) is 6.26. The van der Waals surface area contributed by atoms with Gasteiger partial charge in [0.25, 0.3) is 0 Å². The summed E-state index contributed by atoms with van der Waals surface area (Å²) in [6.07, 6.45) is 1.15. The second-order valence-corrected chi connectivity index (χ2v) is 8.38. The van der Waals surface area contributed by atoms with Crippen LogP contribution in [-0.2, 0) is 0 Å². The van der Waals surface area contributed by atoms with Crippen LogP contribution in [0.2, 0.25) is 5.02 Å². The van der Waals surface area contributed by atoms with Crippen molar-refractivity contribution in [2.45, 2.75) is 33.2 Å². The van der Waals surface area contributed by atoms with Crippen LogP contribution in [0.3, 0.4) is 0 Å². The summed E-state index contributed by atoms with van der Waals surface area (Å²) in [4.78, 5) is 4.84. The second kappa shape index (κ2) is 6.22. The zero-order valence-corrected chi connectivity index (χ0v) is 15.1. The standard InChI is InChI=1S/C14H18ClIN2S/c1-14(2,3)12-6-7-19-13(18-12)17-11-5-4-9(15)8-10(11)16/h4-5,8,12H,6-7H2,1-3H3,(H,17,18). The Bertz CT molecular complexity index is 497. The Hall–Kier alpha value is 0.0600. The van der Waals surface area contributed by atoms with E-state index in [-0.39, 0.29) is 5.41 Å². The van der Waals surface area contributed by atoms with Crippen molar-refractivity contribution in [1.29, 1.82) is 0 Å². The molecule has 104 valence electrons. The van der Waals surface area contributed by atoms with E-state index in [4.69, 9.17) is 16.6 Å². The van der Waals surface area contributed by atoms with Gasteiger partial charge in [0.05, 0.1) is 11.7 Å². The Balaban J connectivity index is 2.16. The van der Waals surface area contributed by atoms with Crippen molar-refractivity contribution in [1.82, 2.24) is 0 Å². The number of nitrogens with zero attached hydrogens (tertiary/aromatic N) is 1. The van der Waals surface area contributed by atoms with Crippen LogP contribution < -0.4 is 5.32 Å². The first-order chi connectivity index (χ1) is 8.86. The topological polar surface area (TPSA) is 24.4 Å². The molecule has 5 heteroatoms. The quantitative estimate of drug-likeness (QED) is 0.641. The number of hydrogen-bond acceptors (Lipinski definition) is 3. The Morgan fingerprint density at radius 2 is 2.16 bits per heavy atom. The molecule has 0 saturated carbocycles. The molecule has 0 aliphatic carbocycles. The van der Waals surface area contributed by atoms with Crippen molar-refractivity contribution < 1.29 is 0 Å². The van der Waals surface area contributed by atoms with Gasteiger partial charge in [0.2, 0.25) is 0 Å². The van der Waals surface area contributed by atoms with Crippen LogP contribution in [-0.4, -0.2) is 17.0 Å². The number of aliphatic imine (C=N–C) groups is 1. The van der Waals surface area contributed by atoms with Crippen molar-refractivity contribution in [2.75, 3.05) is 11.1 Å². The van der Waals surface area contributed by atoms with E-state index < -0.39 is 0 Å². The average molecular weight is 409 g/mol. The Kier molecular flexibility index (Phi) is 5.06. The zero-order chi connectivity index (χ0) is 14.0. The van der Waals surface area contributed by atoms with E-state index in [1.54, 1.807) is 11.8 Å². The first kappa shape index (κ1) is 15.4. The van der Waals surface area contributed by atoms with Crippen molar-refractivity contribution in [2.24, 2.45) is 10.4 Å². The first-order valence-electron chi connectivity index (χ1n) is 6.29. The fourth-order valence-electron chi connectivity index (χ4n) is 1.91. The highest BCUT2D eigenvalue weighted by atomic mass is 127. The average Bonchev–Trinajstić information content (AvgIpc) is 2.32. The number of nitrogens with one attached hydrogen (secondary N) is 1. The van der Waals surface area contributed by atoms with E-state index >= 15 is 0 Å². The van der Waals surface area contributed by atoms with Crippen LogP contribution in [0.15, 0.2) is 23.2 Å². The van der Waals surface area contributed by atoms with Gasteiger partial charge in [0.1, 0.15) is 0 Å². The Labute approximate surface area is 137 Å². The van der Waals surface area contributed by atoms with E-state index in [1.807, 2.05) is 18.2 Å². The molecule has 19 heavy (non-hydrogen) atoms. The molecule has 1 aliphatic rings. The number of halogens is 2. The number of hydrogen-bond donors (Lipinski definition) is 1.